The second kappa shape index (κ2) is 6.02. The molecule has 2 atom stereocenters. The second-order valence-corrected chi connectivity index (χ2v) is 6.20. The van der Waals surface area contributed by atoms with Gasteiger partial charge in [-0.1, -0.05) is 12.1 Å². The van der Waals surface area contributed by atoms with Crippen LogP contribution in [0.1, 0.15) is 39.2 Å². The van der Waals surface area contributed by atoms with Crippen LogP contribution in [-0.2, 0) is 11.2 Å². The van der Waals surface area contributed by atoms with Gasteiger partial charge in [0.2, 0.25) is 0 Å². The molecule has 0 spiro atoms. The van der Waals surface area contributed by atoms with Crippen LogP contribution in [0, 0.1) is 5.82 Å². The number of rotatable bonds is 4. The van der Waals surface area contributed by atoms with Crippen LogP contribution in [0.3, 0.4) is 0 Å². The SMILES string of the molecule is CC(Cc1cccc(F)c1)NC1CCOC(C)(C)C1. The second-order valence-electron chi connectivity index (χ2n) is 6.20. The smallest absolute Gasteiger partial charge is 0.123 e. The first-order chi connectivity index (χ1) is 8.94. The van der Waals surface area contributed by atoms with E-state index < -0.39 is 0 Å². The first kappa shape index (κ1) is 14.5. The summed E-state index contributed by atoms with van der Waals surface area (Å²) in [5.74, 6) is -0.156. The first-order valence-electron chi connectivity index (χ1n) is 7.09. The molecule has 1 aliphatic rings. The Labute approximate surface area is 115 Å². The van der Waals surface area contributed by atoms with Gasteiger partial charge in [-0.3, -0.25) is 0 Å². The Hall–Kier alpha value is -0.930. The van der Waals surface area contributed by atoms with Crippen molar-refractivity contribution in [1.82, 2.24) is 5.32 Å². The van der Waals surface area contributed by atoms with Crippen molar-refractivity contribution >= 4 is 0 Å². The molecule has 3 heteroatoms. The molecule has 1 aromatic carbocycles. The fourth-order valence-corrected chi connectivity index (χ4v) is 2.85. The Morgan fingerprint density at radius 3 is 2.95 bits per heavy atom. The first-order valence-corrected chi connectivity index (χ1v) is 7.09. The summed E-state index contributed by atoms with van der Waals surface area (Å²) in [5, 5.41) is 3.64. The molecule has 0 bridgehead atoms. The lowest BCUT2D eigenvalue weighted by Gasteiger charge is -2.37. The van der Waals surface area contributed by atoms with Crippen molar-refractivity contribution in [1.29, 1.82) is 0 Å². The van der Waals surface area contributed by atoms with Gasteiger partial charge in [0.25, 0.3) is 0 Å². The normalized spacial score (nSPS) is 24.1. The molecule has 0 aromatic heterocycles. The lowest BCUT2D eigenvalue weighted by molar-refractivity contribution is -0.0639. The van der Waals surface area contributed by atoms with E-state index in [1.807, 2.05) is 6.07 Å². The van der Waals surface area contributed by atoms with E-state index in [0.29, 0.717) is 12.1 Å². The molecule has 106 valence electrons. The Bertz CT molecular complexity index is 419. The molecule has 19 heavy (non-hydrogen) atoms. The summed E-state index contributed by atoms with van der Waals surface area (Å²) in [6.45, 7) is 7.25. The van der Waals surface area contributed by atoms with E-state index in [2.05, 4.69) is 26.1 Å². The van der Waals surface area contributed by atoms with Crippen LogP contribution in [0.25, 0.3) is 0 Å². The Morgan fingerprint density at radius 2 is 2.26 bits per heavy atom. The average Bonchev–Trinajstić information content (AvgIpc) is 2.27. The quantitative estimate of drug-likeness (QED) is 0.902. The van der Waals surface area contributed by atoms with Gasteiger partial charge in [-0.15, -0.1) is 0 Å². The molecule has 0 amide bonds. The summed E-state index contributed by atoms with van der Waals surface area (Å²) in [4.78, 5) is 0. The zero-order chi connectivity index (χ0) is 13.9. The largest absolute Gasteiger partial charge is 0.375 e. The predicted molar refractivity (Wildman–Crippen MR) is 75.8 cm³/mol. The minimum Gasteiger partial charge on any atom is -0.375 e. The van der Waals surface area contributed by atoms with E-state index in [0.717, 1.165) is 31.4 Å². The summed E-state index contributed by atoms with van der Waals surface area (Å²) in [5.41, 5.74) is 1.01. The monoisotopic (exact) mass is 265 g/mol. The van der Waals surface area contributed by atoms with Crippen molar-refractivity contribution in [2.75, 3.05) is 6.61 Å². The highest BCUT2D eigenvalue weighted by Crippen LogP contribution is 2.24. The van der Waals surface area contributed by atoms with E-state index in [1.165, 1.54) is 6.07 Å². The highest BCUT2D eigenvalue weighted by atomic mass is 19.1. The number of hydrogen-bond donors (Lipinski definition) is 1. The standard InChI is InChI=1S/C16H24FNO/c1-12(9-13-5-4-6-14(17)10-13)18-15-7-8-19-16(2,3)11-15/h4-6,10,12,15,18H,7-9,11H2,1-3H3. The summed E-state index contributed by atoms with van der Waals surface area (Å²) in [6, 6.07) is 7.70. The van der Waals surface area contributed by atoms with E-state index in [1.54, 1.807) is 12.1 Å². The van der Waals surface area contributed by atoms with Crippen LogP contribution in [0.2, 0.25) is 0 Å². The van der Waals surface area contributed by atoms with E-state index >= 15 is 0 Å². The summed E-state index contributed by atoms with van der Waals surface area (Å²) < 4.78 is 18.9. The van der Waals surface area contributed by atoms with Crippen LogP contribution in [-0.4, -0.2) is 24.3 Å². The highest BCUT2D eigenvalue weighted by molar-refractivity contribution is 5.17. The van der Waals surface area contributed by atoms with Crippen molar-refractivity contribution in [2.45, 2.75) is 57.7 Å². The maximum Gasteiger partial charge on any atom is 0.123 e. The van der Waals surface area contributed by atoms with Gasteiger partial charge in [0.15, 0.2) is 0 Å². The maximum atomic E-state index is 13.1. The van der Waals surface area contributed by atoms with E-state index in [4.69, 9.17) is 4.74 Å². The molecular formula is C16H24FNO. The van der Waals surface area contributed by atoms with E-state index in [9.17, 15) is 4.39 Å². The molecule has 2 rings (SSSR count). The van der Waals surface area contributed by atoms with Gasteiger partial charge < -0.3 is 10.1 Å². The molecule has 0 saturated carbocycles. The van der Waals surface area contributed by atoms with Gasteiger partial charge in [-0.05, 0) is 57.7 Å². The summed E-state index contributed by atoms with van der Waals surface area (Å²) in [7, 11) is 0. The van der Waals surface area contributed by atoms with Crippen molar-refractivity contribution in [3.05, 3.63) is 35.6 Å². The zero-order valence-corrected chi connectivity index (χ0v) is 12.1. The van der Waals surface area contributed by atoms with Gasteiger partial charge in [-0.25, -0.2) is 4.39 Å². The third-order valence-electron chi connectivity index (χ3n) is 3.65. The molecule has 1 aliphatic heterocycles. The Morgan fingerprint density at radius 1 is 1.47 bits per heavy atom. The van der Waals surface area contributed by atoms with Gasteiger partial charge in [-0.2, -0.15) is 0 Å². The van der Waals surface area contributed by atoms with Gasteiger partial charge in [0.1, 0.15) is 5.82 Å². The Balaban J connectivity index is 1.85. The third kappa shape index (κ3) is 4.59. The summed E-state index contributed by atoms with van der Waals surface area (Å²) in [6.07, 6.45) is 2.94. The molecule has 1 aromatic rings. The topological polar surface area (TPSA) is 21.3 Å². The van der Waals surface area contributed by atoms with E-state index in [-0.39, 0.29) is 11.4 Å². The van der Waals surface area contributed by atoms with Crippen LogP contribution < -0.4 is 5.32 Å². The van der Waals surface area contributed by atoms with Crippen LogP contribution in [0.15, 0.2) is 24.3 Å². The number of nitrogens with one attached hydrogen (secondary N) is 1. The van der Waals surface area contributed by atoms with Crippen molar-refractivity contribution in [2.24, 2.45) is 0 Å². The number of hydrogen-bond acceptors (Lipinski definition) is 2. The minimum absolute atomic E-state index is 0.0332. The summed E-state index contributed by atoms with van der Waals surface area (Å²) >= 11 is 0. The van der Waals surface area contributed by atoms with Crippen molar-refractivity contribution < 1.29 is 9.13 Å². The zero-order valence-electron chi connectivity index (χ0n) is 12.1. The third-order valence-corrected chi connectivity index (χ3v) is 3.65. The lowest BCUT2D eigenvalue weighted by Crippen LogP contribution is -2.47. The minimum atomic E-state index is -0.156. The number of benzene rings is 1. The molecule has 1 N–H and O–H groups in total. The van der Waals surface area contributed by atoms with Crippen LogP contribution in [0.5, 0.6) is 0 Å². The highest BCUT2D eigenvalue weighted by Gasteiger charge is 2.29. The van der Waals surface area contributed by atoms with Crippen molar-refractivity contribution in [3.8, 4) is 0 Å². The predicted octanol–water partition coefficient (Wildman–Crippen LogP) is 3.30. The molecule has 2 nitrogen and oxygen atoms in total. The molecule has 0 radical (unpaired) electrons. The molecule has 1 fully saturated rings. The molecule has 1 saturated heterocycles. The van der Waals surface area contributed by atoms with Gasteiger partial charge in [0, 0.05) is 18.7 Å². The molecule has 0 aliphatic carbocycles. The van der Waals surface area contributed by atoms with Gasteiger partial charge in [0.05, 0.1) is 5.60 Å². The van der Waals surface area contributed by atoms with Crippen LogP contribution >= 0.6 is 0 Å². The number of halogens is 1. The van der Waals surface area contributed by atoms with Crippen molar-refractivity contribution in [3.63, 3.8) is 0 Å². The molecular weight excluding hydrogens is 241 g/mol. The average molecular weight is 265 g/mol. The number of ether oxygens (including phenoxy) is 1. The van der Waals surface area contributed by atoms with Gasteiger partial charge >= 0.3 is 0 Å². The van der Waals surface area contributed by atoms with Crippen LogP contribution in [0.4, 0.5) is 4.39 Å². The molecule has 1 heterocycles. The maximum absolute atomic E-state index is 13.1. The molecule has 2 unspecified atom stereocenters. The Kier molecular flexibility index (Phi) is 4.58. The lowest BCUT2D eigenvalue weighted by atomic mass is 9.93. The fourth-order valence-electron chi connectivity index (χ4n) is 2.85. The fraction of sp³-hybridized carbons (Fsp3) is 0.625.